The summed E-state index contributed by atoms with van der Waals surface area (Å²) in [4.78, 5) is 23.0. The van der Waals surface area contributed by atoms with Gasteiger partial charge in [-0.3, -0.25) is 4.79 Å². The quantitative estimate of drug-likeness (QED) is 0.884. The number of hydrogen-bond acceptors (Lipinski definition) is 4. The van der Waals surface area contributed by atoms with Crippen LogP contribution in [0.2, 0.25) is 0 Å². The van der Waals surface area contributed by atoms with Gasteiger partial charge in [-0.25, -0.2) is 4.79 Å². The first-order valence-electron chi connectivity index (χ1n) is 5.22. The second-order valence-electron chi connectivity index (χ2n) is 4.06. The van der Waals surface area contributed by atoms with E-state index < -0.39 is 17.4 Å². The minimum atomic E-state index is -1.16. The number of nitrogens with zero attached hydrogens (tertiary/aromatic N) is 1. The molecule has 7 heteroatoms. The molecule has 0 atom stereocenters. The smallest absolute Gasteiger partial charge is 0.329 e. The Labute approximate surface area is 105 Å². The Kier molecular flexibility index (Phi) is 3.19. The number of carbonyl (C=O) groups excluding carboxylic acids is 1. The zero-order chi connectivity index (χ0) is 12.5. The highest BCUT2D eigenvalue weighted by Gasteiger charge is 2.43. The number of hydrogen-bond donors (Lipinski definition) is 2. The highest BCUT2D eigenvalue weighted by atomic mass is 79.9. The highest BCUT2D eigenvalue weighted by Crippen LogP contribution is 2.30. The van der Waals surface area contributed by atoms with Crippen LogP contribution in [0.15, 0.2) is 15.2 Å². The summed E-state index contributed by atoms with van der Waals surface area (Å²) in [5.41, 5.74) is -1.16. The molecule has 92 valence electrons. The van der Waals surface area contributed by atoms with E-state index in [0.717, 1.165) is 12.8 Å². The van der Waals surface area contributed by atoms with Gasteiger partial charge in [0, 0.05) is 6.07 Å². The molecule has 0 unspecified atom stereocenters. The lowest BCUT2D eigenvalue weighted by molar-refractivity contribution is -0.144. The summed E-state index contributed by atoms with van der Waals surface area (Å²) in [6.07, 6.45) is 2.49. The summed E-state index contributed by atoms with van der Waals surface area (Å²) in [6.45, 7) is 0. The van der Waals surface area contributed by atoms with E-state index in [9.17, 15) is 14.7 Å². The second kappa shape index (κ2) is 4.48. The van der Waals surface area contributed by atoms with E-state index >= 15 is 0 Å². The average molecular weight is 303 g/mol. The van der Waals surface area contributed by atoms with E-state index in [0.29, 0.717) is 17.4 Å². The Morgan fingerprint density at radius 1 is 1.47 bits per heavy atom. The van der Waals surface area contributed by atoms with Crippen molar-refractivity contribution in [2.75, 3.05) is 0 Å². The fraction of sp³-hybridized carbons (Fsp3) is 0.500. The van der Waals surface area contributed by atoms with E-state index in [2.05, 4.69) is 26.4 Å². The van der Waals surface area contributed by atoms with Crippen LogP contribution >= 0.6 is 15.9 Å². The predicted molar refractivity (Wildman–Crippen MR) is 60.5 cm³/mol. The third-order valence-corrected chi connectivity index (χ3v) is 3.30. The summed E-state index contributed by atoms with van der Waals surface area (Å²) in [5.74, 6) is -1.54. The molecule has 1 saturated carbocycles. The molecule has 0 spiro atoms. The van der Waals surface area contributed by atoms with Crippen LogP contribution in [0, 0.1) is 0 Å². The summed E-state index contributed by atoms with van der Waals surface area (Å²) in [6, 6.07) is 1.40. The van der Waals surface area contributed by atoms with E-state index in [1.807, 2.05) is 0 Å². The van der Waals surface area contributed by atoms with E-state index in [4.69, 9.17) is 4.52 Å². The minimum absolute atomic E-state index is 0.00407. The topological polar surface area (TPSA) is 92.4 Å². The van der Waals surface area contributed by atoms with Crippen molar-refractivity contribution in [2.24, 2.45) is 0 Å². The molecule has 1 aromatic heterocycles. The summed E-state index contributed by atoms with van der Waals surface area (Å²) < 4.78 is 5.16. The number of carbonyl (C=O) groups is 2. The maximum atomic E-state index is 11.8. The normalized spacial score (nSPS) is 17.9. The Hall–Kier alpha value is -1.37. The van der Waals surface area contributed by atoms with Gasteiger partial charge in [0.15, 0.2) is 0 Å². The lowest BCUT2D eigenvalue weighted by Crippen LogP contribution is -2.52. The van der Waals surface area contributed by atoms with Crippen molar-refractivity contribution in [1.29, 1.82) is 0 Å². The maximum absolute atomic E-state index is 11.8. The average Bonchev–Trinajstić information content (AvgIpc) is 2.87. The fourth-order valence-electron chi connectivity index (χ4n) is 2.01. The molecule has 1 aliphatic carbocycles. The molecular weight excluding hydrogens is 292 g/mol. The molecule has 1 aliphatic rings. The number of carboxylic acid groups (broad SMARTS) is 1. The van der Waals surface area contributed by atoms with Crippen molar-refractivity contribution in [2.45, 2.75) is 31.2 Å². The maximum Gasteiger partial charge on any atom is 0.329 e. The molecule has 0 aliphatic heterocycles. The van der Waals surface area contributed by atoms with Crippen LogP contribution in [-0.2, 0) is 4.79 Å². The molecule has 2 N–H and O–H groups in total. The number of nitrogens with one attached hydrogen (secondary N) is 1. The van der Waals surface area contributed by atoms with Crippen LogP contribution in [0.3, 0.4) is 0 Å². The Morgan fingerprint density at radius 2 is 2.12 bits per heavy atom. The molecule has 0 radical (unpaired) electrons. The first-order valence-corrected chi connectivity index (χ1v) is 6.01. The second-order valence-corrected chi connectivity index (χ2v) is 4.87. The molecule has 0 aromatic carbocycles. The molecule has 1 fully saturated rings. The summed E-state index contributed by atoms with van der Waals surface area (Å²) in [5, 5.41) is 15.2. The first-order chi connectivity index (χ1) is 8.03. The van der Waals surface area contributed by atoms with Gasteiger partial charge >= 0.3 is 5.97 Å². The number of rotatable bonds is 3. The fourth-order valence-corrected chi connectivity index (χ4v) is 2.29. The largest absolute Gasteiger partial charge is 0.480 e. The number of aromatic nitrogens is 1. The van der Waals surface area contributed by atoms with Gasteiger partial charge in [-0.05, 0) is 28.8 Å². The minimum Gasteiger partial charge on any atom is -0.480 e. The van der Waals surface area contributed by atoms with Gasteiger partial charge in [0.2, 0.25) is 5.76 Å². The van der Waals surface area contributed by atoms with Crippen LogP contribution in [0.1, 0.15) is 36.2 Å². The van der Waals surface area contributed by atoms with E-state index in [1.165, 1.54) is 6.07 Å². The lowest BCUT2D eigenvalue weighted by Gasteiger charge is -2.24. The van der Waals surface area contributed by atoms with Crippen LogP contribution in [-0.4, -0.2) is 27.7 Å². The van der Waals surface area contributed by atoms with Gasteiger partial charge in [-0.1, -0.05) is 18.0 Å². The third-order valence-electron chi connectivity index (χ3n) is 2.92. The predicted octanol–water partition coefficient (Wildman–Crippen LogP) is 1.56. The molecule has 1 aromatic rings. The van der Waals surface area contributed by atoms with Gasteiger partial charge in [0.05, 0.1) is 0 Å². The van der Waals surface area contributed by atoms with Gasteiger partial charge in [0.25, 0.3) is 5.91 Å². The molecular formula is C10H11BrN2O4. The highest BCUT2D eigenvalue weighted by molar-refractivity contribution is 9.10. The van der Waals surface area contributed by atoms with Crippen LogP contribution in [0.25, 0.3) is 0 Å². The molecule has 1 amide bonds. The molecule has 0 saturated heterocycles. The van der Waals surface area contributed by atoms with Crippen molar-refractivity contribution >= 4 is 27.8 Å². The zero-order valence-electron chi connectivity index (χ0n) is 8.90. The molecule has 2 rings (SSSR count). The number of halogens is 1. The van der Waals surface area contributed by atoms with E-state index in [-0.39, 0.29) is 5.76 Å². The monoisotopic (exact) mass is 302 g/mol. The van der Waals surface area contributed by atoms with Gasteiger partial charge in [0.1, 0.15) is 10.1 Å². The van der Waals surface area contributed by atoms with Crippen molar-refractivity contribution in [3.05, 3.63) is 16.4 Å². The Balaban J connectivity index is 2.14. The van der Waals surface area contributed by atoms with Crippen LogP contribution < -0.4 is 5.32 Å². The Morgan fingerprint density at radius 3 is 2.59 bits per heavy atom. The van der Waals surface area contributed by atoms with Crippen molar-refractivity contribution < 1.29 is 19.2 Å². The van der Waals surface area contributed by atoms with Crippen molar-refractivity contribution in [1.82, 2.24) is 10.5 Å². The standard InChI is InChI=1S/C10H11BrN2O4/c11-7-5-6(17-13-7)8(14)12-10(9(15)16)3-1-2-4-10/h5H,1-4H2,(H,12,14)(H,15,16). The third kappa shape index (κ3) is 2.33. The Bertz CT molecular complexity index is 451. The van der Waals surface area contributed by atoms with Gasteiger partial charge in [-0.15, -0.1) is 0 Å². The van der Waals surface area contributed by atoms with Gasteiger partial charge < -0.3 is 14.9 Å². The molecule has 0 bridgehead atoms. The molecule has 6 nitrogen and oxygen atoms in total. The number of amides is 1. The van der Waals surface area contributed by atoms with Gasteiger partial charge in [-0.2, -0.15) is 0 Å². The summed E-state index contributed by atoms with van der Waals surface area (Å²) >= 11 is 3.05. The lowest BCUT2D eigenvalue weighted by atomic mass is 9.98. The zero-order valence-corrected chi connectivity index (χ0v) is 10.5. The molecule has 17 heavy (non-hydrogen) atoms. The van der Waals surface area contributed by atoms with E-state index in [1.54, 1.807) is 0 Å². The molecule has 1 heterocycles. The number of aliphatic carboxylic acids is 1. The van der Waals surface area contributed by atoms with Crippen LogP contribution in [0.5, 0.6) is 0 Å². The number of carboxylic acids is 1. The SMILES string of the molecule is O=C(NC1(C(=O)O)CCCC1)c1cc(Br)no1. The van der Waals surface area contributed by atoms with Crippen molar-refractivity contribution in [3.8, 4) is 0 Å². The summed E-state index contributed by atoms with van der Waals surface area (Å²) in [7, 11) is 0. The van der Waals surface area contributed by atoms with Crippen molar-refractivity contribution in [3.63, 3.8) is 0 Å². The first kappa shape index (κ1) is 12.1. The van der Waals surface area contributed by atoms with Crippen LogP contribution in [0.4, 0.5) is 0 Å².